The molecule has 14 heavy (non-hydrogen) atoms. The van der Waals surface area contributed by atoms with Crippen LogP contribution < -0.4 is 10.0 Å². The summed E-state index contributed by atoms with van der Waals surface area (Å²) in [6.07, 6.45) is 0.902. The maximum absolute atomic E-state index is 5.75. The van der Waals surface area contributed by atoms with E-state index in [9.17, 15) is 0 Å². The summed E-state index contributed by atoms with van der Waals surface area (Å²) in [6.45, 7) is 9.12. The van der Waals surface area contributed by atoms with Crippen molar-refractivity contribution in [1.29, 1.82) is 0 Å². The van der Waals surface area contributed by atoms with E-state index in [2.05, 4.69) is 45.9 Å². The summed E-state index contributed by atoms with van der Waals surface area (Å²) in [5, 5.41) is 1.84. The quantitative estimate of drug-likeness (QED) is 0.595. The largest absolute Gasteiger partial charge is 0.488 e. The number of benzene rings is 1. The highest BCUT2D eigenvalue weighted by Crippen LogP contribution is 2.54. The lowest BCUT2D eigenvalue weighted by Gasteiger charge is -2.26. The number of ether oxygens (including phenoxy) is 1. The second-order valence-corrected chi connectivity index (χ2v) is 7.70. The highest BCUT2D eigenvalue weighted by atomic mass is 31.1. The molecule has 0 spiro atoms. The molecule has 0 aliphatic carbocycles. The van der Waals surface area contributed by atoms with Crippen LogP contribution in [0.1, 0.15) is 26.3 Å². The average Bonchev–Trinajstić information content (AvgIpc) is 2.47. The Balaban J connectivity index is 2.48. The summed E-state index contributed by atoms with van der Waals surface area (Å²) in [5.74, 6) is 1.12. The van der Waals surface area contributed by atoms with Crippen LogP contribution in [0.5, 0.6) is 5.75 Å². The molecule has 1 unspecified atom stereocenters. The highest BCUT2D eigenvalue weighted by Gasteiger charge is 2.34. The molecule has 1 heterocycles. The fourth-order valence-electron chi connectivity index (χ4n) is 1.82. The Hall–Kier alpha value is -0.550. The van der Waals surface area contributed by atoms with E-state index < -0.39 is 0 Å². The van der Waals surface area contributed by atoms with Crippen LogP contribution in [0.2, 0.25) is 0 Å². The lowest BCUT2D eigenvalue weighted by molar-refractivity contribution is 0.400. The Labute approximate surface area is 87.2 Å². The second kappa shape index (κ2) is 3.24. The molecular weight excluding hydrogens is 191 g/mol. The van der Waals surface area contributed by atoms with Crippen molar-refractivity contribution in [1.82, 2.24) is 0 Å². The normalized spacial score (nSPS) is 20.4. The van der Waals surface area contributed by atoms with Crippen LogP contribution >= 0.6 is 7.92 Å². The number of hydrogen-bond donors (Lipinski definition) is 0. The predicted molar refractivity (Wildman–Crippen MR) is 63.0 cm³/mol. The Morgan fingerprint density at radius 2 is 2.00 bits per heavy atom. The minimum Gasteiger partial charge on any atom is -0.488 e. The van der Waals surface area contributed by atoms with Crippen molar-refractivity contribution in [3.8, 4) is 5.75 Å². The molecule has 0 aromatic heterocycles. The lowest BCUT2D eigenvalue weighted by atomic mass is 10.2. The highest BCUT2D eigenvalue weighted by molar-refractivity contribution is 7.67. The van der Waals surface area contributed by atoms with Crippen LogP contribution in [0.4, 0.5) is 0 Å². The van der Waals surface area contributed by atoms with Crippen molar-refractivity contribution in [3.05, 3.63) is 23.8 Å². The molecule has 2 heteroatoms. The van der Waals surface area contributed by atoms with Crippen LogP contribution in [-0.2, 0) is 0 Å². The van der Waals surface area contributed by atoms with E-state index in [-0.39, 0.29) is 7.92 Å². The van der Waals surface area contributed by atoms with Gasteiger partial charge in [-0.05, 0) is 31.6 Å². The third-order valence-corrected chi connectivity index (χ3v) is 5.75. The van der Waals surface area contributed by atoms with Gasteiger partial charge in [0.05, 0.1) is 0 Å². The van der Waals surface area contributed by atoms with Crippen molar-refractivity contribution in [2.45, 2.75) is 32.9 Å². The van der Waals surface area contributed by atoms with Crippen molar-refractivity contribution < 1.29 is 4.74 Å². The molecule has 0 saturated carbocycles. The fraction of sp³-hybridized carbons (Fsp3) is 0.500. The first-order chi connectivity index (χ1) is 6.50. The van der Waals surface area contributed by atoms with Crippen LogP contribution in [0.25, 0.3) is 0 Å². The number of fused-ring (bicyclic) bond motifs is 1. The number of aryl methyl sites for hydroxylation is 1. The van der Waals surface area contributed by atoms with Gasteiger partial charge < -0.3 is 4.74 Å². The Morgan fingerprint density at radius 1 is 1.29 bits per heavy atom. The summed E-state index contributed by atoms with van der Waals surface area (Å²) in [7, 11) is -0.145. The zero-order valence-corrected chi connectivity index (χ0v) is 10.2. The van der Waals surface area contributed by atoms with Gasteiger partial charge in [-0.25, -0.2) is 0 Å². The maximum Gasteiger partial charge on any atom is 0.127 e. The first-order valence-corrected chi connectivity index (χ1v) is 6.53. The van der Waals surface area contributed by atoms with Crippen molar-refractivity contribution in [2.75, 3.05) is 6.35 Å². The number of hydrogen-bond acceptors (Lipinski definition) is 1. The zero-order valence-electron chi connectivity index (χ0n) is 9.29. The lowest BCUT2D eigenvalue weighted by Crippen LogP contribution is -2.19. The molecule has 0 radical (unpaired) electrons. The van der Waals surface area contributed by atoms with Gasteiger partial charge in [0.2, 0.25) is 0 Å². The summed E-state index contributed by atoms with van der Waals surface area (Å²) in [4.78, 5) is 0. The van der Waals surface area contributed by atoms with Crippen LogP contribution in [0, 0.1) is 6.92 Å². The SMILES string of the molecule is Cc1cccc2c1P(C(C)(C)C)CO2. The van der Waals surface area contributed by atoms with Gasteiger partial charge in [-0.2, -0.15) is 0 Å². The van der Waals surface area contributed by atoms with E-state index in [1.165, 1.54) is 10.9 Å². The molecular formula is C12H17OP. The van der Waals surface area contributed by atoms with Crippen LogP contribution in [0.3, 0.4) is 0 Å². The van der Waals surface area contributed by atoms with E-state index in [1.807, 2.05) is 0 Å². The molecule has 0 amide bonds. The predicted octanol–water partition coefficient (Wildman–Crippen LogP) is 3.25. The minimum atomic E-state index is -0.145. The fourth-order valence-corrected chi connectivity index (χ4v) is 4.18. The molecule has 0 fully saturated rings. The van der Waals surface area contributed by atoms with Gasteiger partial charge in [-0.15, -0.1) is 0 Å². The van der Waals surface area contributed by atoms with Crippen LogP contribution in [0.15, 0.2) is 18.2 Å². The minimum absolute atomic E-state index is 0.145. The molecule has 76 valence electrons. The van der Waals surface area contributed by atoms with Gasteiger partial charge in [0.25, 0.3) is 0 Å². The van der Waals surface area contributed by atoms with Gasteiger partial charge in [-0.1, -0.05) is 32.9 Å². The summed E-state index contributed by atoms with van der Waals surface area (Å²) >= 11 is 0. The molecule has 1 aliphatic rings. The first kappa shape index (κ1) is 9.98. The molecule has 1 aromatic rings. The van der Waals surface area contributed by atoms with Crippen LogP contribution in [-0.4, -0.2) is 11.5 Å². The van der Waals surface area contributed by atoms with Gasteiger partial charge in [0, 0.05) is 5.30 Å². The molecule has 1 atom stereocenters. The maximum atomic E-state index is 5.75. The third-order valence-electron chi connectivity index (χ3n) is 2.63. The first-order valence-electron chi connectivity index (χ1n) is 5.00. The molecule has 0 N–H and O–H groups in total. The van der Waals surface area contributed by atoms with E-state index >= 15 is 0 Å². The monoisotopic (exact) mass is 208 g/mol. The Morgan fingerprint density at radius 3 is 2.64 bits per heavy atom. The molecule has 0 bridgehead atoms. The van der Waals surface area contributed by atoms with Gasteiger partial charge in [0.1, 0.15) is 12.1 Å². The summed E-state index contributed by atoms with van der Waals surface area (Å²) in [5.41, 5.74) is 1.39. The Bertz CT molecular complexity index is 352. The van der Waals surface area contributed by atoms with E-state index in [0.29, 0.717) is 5.16 Å². The second-order valence-electron chi connectivity index (χ2n) is 4.79. The van der Waals surface area contributed by atoms with Gasteiger partial charge >= 0.3 is 0 Å². The van der Waals surface area contributed by atoms with E-state index in [1.54, 1.807) is 0 Å². The molecule has 1 aromatic carbocycles. The standard InChI is InChI=1S/C12H17OP/c1-9-6-5-7-10-11(9)14(8-13-10)12(2,3)4/h5-7H,8H2,1-4H3. The van der Waals surface area contributed by atoms with E-state index in [0.717, 1.165) is 12.1 Å². The molecule has 1 aliphatic heterocycles. The third kappa shape index (κ3) is 1.54. The zero-order chi connectivity index (χ0) is 10.3. The molecule has 2 rings (SSSR count). The molecule has 0 saturated heterocycles. The number of rotatable bonds is 0. The van der Waals surface area contributed by atoms with Gasteiger partial charge in [0.15, 0.2) is 0 Å². The summed E-state index contributed by atoms with van der Waals surface area (Å²) in [6, 6.07) is 6.36. The smallest absolute Gasteiger partial charge is 0.127 e. The topological polar surface area (TPSA) is 9.23 Å². The van der Waals surface area contributed by atoms with Crippen molar-refractivity contribution >= 4 is 13.2 Å². The van der Waals surface area contributed by atoms with E-state index in [4.69, 9.17) is 4.74 Å². The Kier molecular flexibility index (Phi) is 2.31. The molecule has 1 nitrogen and oxygen atoms in total. The van der Waals surface area contributed by atoms with Crippen molar-refractivity contribution in [3.63, 3.8) is 0 Å². The van der Waals surface area contributed by atoms with Gasteiger partial charge in [-0.3, -0.25) is 0 Å². The van der Waals surface area contributed by atoms with Crippen molar-refractivity contribution in [2.24, 2.45) is 0 Å². The average molecular weight is 208 g/mol. The summed E-state index contributed by atoms with van der Waals surface area (Å²) < 4.78 is 5.75.